The van der Waals surface area contributed by atoms with Crippen molar-refractivity contribution < 1.29 is 4.79 Å². The van der Waals surface area contributed by atoms with E-state index in [1.165, 1.54) is 27.7 Å². The molecular weight excluding hydrogens is 461 g/mol. The summed E-state index contributed by atoms with van der Waals surface area (Å²) in [6.07, 6.45) is 0. The Labute approximate surface area is 190 Å². The molecule has 9 heteroatoms. The first-order chi connectivity index (χ1) is 14.4. The Morgan fingerprint density at radius 1 is 1.20 bits per heavy atom. The summed E-state index contributed by atoms with van der Waals surface area (Å²) in [5.41, 5.74) is 2.47. The van der Waals surface area contributed by atoms with Crippen LogP contribution in [0, 0.1) is 6.92 Å². The molecule has 2 aromatic heterocycles. The van der Waals surface area contributed by atoms with Crippen LogP contribution in [0.2, 0.25) is 10.0 Å². The number of thioether (sulfide) groups is 1. The maximum absolute atomic E-state index is 13.1. The van der Waals surface area contributed by atoms with Crippen LogP contribution in [0.4, 0.5) is 5.69 Å². The van der Waals surface area contributed by atoms with Gasteiger partial charge in [0.15, 0.2) is 5.16 Å². The molecule has 5 nitrogen and oxygen atoms in total. The summed E-state index contributed by atoms with van der Waals surface area (Å²) in [5, 5.41) is 6.20. The van der Waals surface area contributed by atoms with Crippen LogP contribution in [-0.2, 0) is 4.79 Å². The fourth-order valence-electron chi connectivity index (χ4n) is 2.89. The van der Waals surface area contributed by atoms with E-state index in [0.717, 1.165) is 5.56 Å². The molecule has 0 aliphatic carbocycles. The first-order valence-electron chi connectivity index (χ1n) is 8.88. The predicted octanol–water partition coefficient (Wildman–Crippen LogP) is 5.79. The third kappa shape index (κ3) is 4.25. The zero-order valence-electron chi connectivity index (χ0n) is 15.7. The maximum atomic E-state index is 13.1. The van der Waals surface area contributed by atoms with Crippen molar-refractivity contribution in [2.45, 2.75) is 12.1 Å². The number of thiophene rings is 1. The van der Waals surface area contributed by atoms with Crippen LogP contribution >= 0.6 is 46.3 Å². The quantitative estimate of drug-likeness (QED) is 0.292. The Hall–Kier alpha value is -2.32. The van der Waals surface area contributed by atoms with E-state index in [9.17, 15) is 9.59 Å². The number of amides is 1. The first kappa shape index (κ1) is 20.9. The highest BCUT2D eigenvalue weighted by Crippen LogP contribution is 2.26. The van der Waals surface area contributed by atoms with Gasteiger partial charge >= 0.3 is 0 Å². The van der Waals surface area contributed by atoms with Crippen LogP contribution in [-0.4, -0.2) is 21.2 Å². The van der Waals surface area contributed by atoms with Crippen LogP contribution in [0.25, 0.3) is 15.9 Å². The molecule has 0 unspecified atom stereocenters. The first-order valence-corrected chi connectivity index (χ1v) is 11.5. The molecule has 1 amide bonds. The van der Waals surface area contributed by atoms with Crippen LogP contribution in [0.3, 0.4) is 0 Å². The van der Waals surface area contributed by atoms with E-state index in [0.29, 0.717) is 36.8 Å². The summed E-state index contributed by atoms with van der Waals surface area (Å²) in [7, 11) is 0. The number of rotatable bonds is 5. The number of nitrogens with one attached hydrogen (secondary N) is 1. The molecule has 0 saturated carbocycles. The molecule has 2 heterocycles. The third-order valence-corrected chi connectivity index (χ3v) is 6.86. The van der Waals surface area contributed by atoms with Gasteiger partial charge in [0, 0.05) is 15.7 Å². The number of benzene rings is 2. The smallest absolute Gasteiger partial charge is 0.276 e. The second kappa shape index (κ2) is 8.81. The Kier molecular flexibility index (Phi) is 6.15. The highest BCUT2D eigenvalue weighted by Gasteiger charge is 2.16. The Balaban J connectivity index is 1.65. The van der Waals surface area contributed by atoms with Crippen LogP contribution in [0.1, 0.15) is 5.56 Å². The number of hydrogen-bond acceptors (Lipinski definition) is 5. The lowest BCUT2D eigenvalue weighted by Crippen LogP contribution is -2.22. The van der Waals surface area contributed by atoms with Crippen molar-refractivity contribution >= 4 is 68.1 Å². The number of fused-ring (bicyclic) bond motifs is 1. The van der Waals surface area contributed by atoms with E-state index < -0.39 is 0 Å². The van der Waals surface area contributed by atoms with Gasteiger partial charge in [0.1, 0.15) is 4.70 Å². The molecule has 0 aliphatic rings. The summed E-state index contributed by atoms with van der Waals surface area (Å²) in [6.45, 7) is 1.84. The van der Waals surface area contributed by atoms with Gasteiger partial charge in [-0.1, -0.05) is 47.1 Å². The molecule has 2 aromatic carbocycles. The van der Waals surface area contributed by atoms with Gasteiger partial charge in [0.05, 0.1) is 17.0 Å². The number of carbonyl (C=O) groups is 1. The SMILES string of the molecule is Cc1c(Cl)cccc1NC(=O)CSc1nc2ccsc2c(=O)n1-c1cccc(Cl)c1. The molecule has 0 bridgehead atoms. The molecule has 0 atom stereocenters. The van der Waals surface area contributed by atoms with Gasteiger partial charge in [-0.15, -0.1) is 11.3 Å². The standard InChI is InChI=1S/C21H15Cl2N3O2S2/c1-12-15(23)6-3-7-16(12)24-18(27)11-30-21-25-17-8-9-29-19(17)20(28)26(21)14-5-2-4-13(22)10-14/h2-10H,11H2,1H3,(H,24,27). The van der Waals surface area contributed by atoms with Gasteiger partial charge in [-0.2, -0.15) is 0 Å². The van der Waals surface area contributed by atoms with Crippen molar-refractivity contribution in [3.8, 4) is 5.69 Å². The van der Waals surface area contributed by atoms with Gasteiger partial charge in [0.2, 0.25) is 5.91 Å². The molecule has 4 rings (SSSR count). The summed E-state index contributed by atoms with van der Waals surface area (Å²) >= 11 is 14.8. The van der Waals surface area contributed by atoms with Crippen molar-refractivity contribution in [3.63, 3.8) is 0 Å². The Morgan fingerprint density at radius 2 is 2.00 bits per heavy atom. The average Bonchev–Trinajstić information content (AvgIpc) is 3.19. The summed E-state index contributed by atoms with van der Waals surface area (Å²) in [5.74, 6) is -0.142. The van der Waals surface area contributed by atoms with Gasteiger partial charge in [-0.25, -0.2) is 4.98 Å². The monoisotopic (exact) mass is 475 g/mol. The third-order valence-electron chi connectivity index (χ3n) is 4.39. The summed E-state index contributed by atoms with van der Waals surface area (Å²) in [6, 6.07) is 14.1. The van der Waals surface area contributed by atoms with Crippen molar-refractivity contribution in [2.75, 3.05) is 11.1 Å². The number of halogens is 2. The fourth-order valence-corrected chi connectivity index (χ4v) is 4.82. The van der Waals surface area contributed by atoms with E-state index in [2.05, 4.69) is 10.3 Å². The molecular formula is C21H15Cl2N3O2S2. The summed E-state index contributed by atoms with van der Waals surface area (Å²) in [4.78, 5) is 30.2. The van der Waals surface area contributed by atoms with E-state index in [4.69, 9.17) is 23.2 Å². The van der Waals surface area contributed by atoms with Crippen LogP contribution < -0.4 is 10.9 Å². The minimum Gasteiger partial charge on any atom is -0.325 e. The van der Waals surface area contributed by atoms with Crippen LogP contribution in [0.15, 0.2) is 63.9 Å². The number of hydrogen-bond donors (Lipinski definition) is 1. The minimum atomic E-state index is -0.220. The topological polar surface area (TPSA) is 64.0 Å². The van der Waals surface area contributed by atoms with Crippen molar-refractivity contribution in [2.24, 2.45) is 0 Å². The van der Waals surface area contributed by atoms with Crippen LogP contribution in [0.5, 0.6) is 0 Å². The average molecular weight is 476 g/mol. The summed E-state index contributed by atoms with van der Waals surface area (Å²) < 4.78 is 2.05. The highest BCUT2D eigenvalue weighted by molar-refractivity contribution is 7.99. The number of nitrogens with zero attached hydrogens (tertiary/aromatic N) is 2. The molecule has 0 spiro atoms. The van der Waals surface area contributed by atoms with E-state index in [1.54, 1.807) is 48.5 Å². The molecule has 0 saturated heterocycles. The number of carbonyl (C=O) groups excluding carboxylic acids is 1. The molecule has 0 fully saturated rings. The predicted molar refractivity (Wildman–Crippen MR) is 126 cm³/mol. The van der Waals surface area contributed by atoms with Gasteiger partial charge in [-0.05, 0) is 54.3 Å². The zero-order valence-corrected chi connectivity index (χ0v) is 18.8. The van der Waals surface area contributed by atoms with Gasteiger partial charge in [0.25, 0.3) is 5.56 Å². The van der Waals surface area contributed by atoms with Crippen molar-refractivity contribution in [1.82, 2.24) is 9.55 Å². The van der Waals surface area contributed by atoms with Crippen molar-refractivity contribution in [1.29, 1.82) is 0 Å². The number of aromatic nitrogens is 2. The minimum absolute atomic E-state index is 0.0780. The van der Waals surface area contributed by atoms with Gasteiger partial charge < -0.3 is 5.32 Å². The molecule has 4 aromatic rings. The second-order valence-corrected chi connectivity index (χ2v) is 9.10. The van der Waals surface area contributed by atoms with E-state index in [-0.39, 0.29) is 17.2 Å². The largest absolute Gasteiger partial charge is 0.325 e. The lowest BCUT2D eigenvalue weighted by atomic mass is 10.2. The normalized spacial score (nSPS) is 11.0. The van der Waals surface area contributed by atoms with E-state index in [1.807, 2.05) is 12.3 Å². The lowest BCUT2D eigenvalue weighted by molar-refractivity contribution is -0.113. The second-order valence-electron chi connectivity index (χ2n) is 6.40. The van der Waals surface area contributed by atoms with E-state index >= 15 is 0 Å². The molecule has 0 aliphatic heterocycles. The highest BCUT2D eigenvalue weighted by atomic mass is 35.5. The Bertz CT molecular complexity index is 1320. The zero-order chi connectivity index (χ0) is 21.3. The fraction of sp³-hybridized carbons (Fsp3) is 0.0952. The Morgan fingerprint density at radius 3 is 2.80 bits per heavy atom. The molecule has 0 radical (unpaired) electrons. The molecule has 1 N–H and O–H groups in total. The maximum Gasteiger partial charge on any atom is 0.276 e. The lowest BCUT2D eigenvalue weighted by Gasteiger charge is -2.13. The molecule has 30 heavy (non-hydrogen) atoms. The van der Waals surface area contributed by atoms with Gasteiger partial charge in [-0.3, -0.25) is 14.2 Å². The number of anilines is 1. The molecule has 152 valence electrons. The van der Waals surface area contributed by atoms with Crippen molar-refractivity contribution in [3.05, 3.63) is 79.9 Å².